The number of pyridine rings is 1. The standard InChI is InChI=1S/C26H34N4O2/c1-20-8-7-15-30(19-20)26(32)22-12-16-29(17-13-22)24(31)18-28-25(21-9-3-2-4-10-21)23-11-5-6-14-27-23/h2-6,9-11,14,20,22,25,28H,7-8,12-13,15-19H2,1H3. The lowest BCUT2D eigenvalue weighted by Gasteiger charge is -2.37. The van der Waals surface area contributed by atoms with Gasteiger partial charge in [0.25, 0.3) is 0 Å². The SMILES string of the molecule is CC1CCCN(C(=O)C2CCN(C(=O)CNC(c3ccccc3)c3ccccn3)CC2)C1. The van der Waals surface area contributed by atoms with Crippen LogP contribution in [0.15, 0.2) is 54.7 Å². The molecule has 1 N–H and O–H groups in total. The second-order valence-electron chi connectivity index (χ2n) is 9.17. The van der Waals surface area contributed by atoms with Crippen LogP contribution >= 0.6 is 0 Å². The van der Waals surface area contributed by atoms with Gasteiger partial charge in [0.2, 0.25) is 11.8 Å². The average Bonchev–Trinajstić information content (AvgIpc) is 2.85. The number of benzene rings is 1. The lowest BCUT2D eigenvalue weighted by molar-refractivity contribution is -0.141. The van der Waals surface area contributed by atoms with Crippen LogP contribution < -0.4 is 5.32 Å². The van der Waals surface area contributed by atoms with Gasteiger partial charge in [0.05, 0.1) is 18.3 Å². The highest BCUT2D eigenvalue weighted by Gasteiger charge is 2.32. The summed E-state index contributed by atoms with van der Waals surface area (Å²) in [6, 6.07) is 15.8. The van der Waals surface area contributed by atoms with E-state index in [1.54, 1.807) is 6.20 Å². The maximum absolute atomic E-state index is 12.9. The van der Waals surface area contributed by atoms with Gasteiger partial charge in [0.15, 0.2) is 0 Å². The minimum absolute atomic E-state index is 0.0582. The maximum atomic E-state index is 12.9. The van der Waals surface area contributed by atoms with E-state index >= 15 is 0 Å². The minimum Gasteiger partial charge on any atom is -0.342 e. The van der Waals surface area contributed by atoms with E-state index in [1.165, 1.54) is 6.42 Å². The first-order valence-electron chi connectivity index (χ1n) is 11.9. The van der Waals surface area contributed by atoms with E-state index in [2.05, 4.69) is 34.3 Å². The summed E-state index contributed by atoms with van der Waals surface area (Å²) in [5, 5.41) is 3.41. The number of rotatable bonds is 6. The maximum Gasteiger partial charge on any atom is 0.236 e. The fourth-order valence-corrected chi connectivity index (χ4v) is 4.91. The molecule has 2 aromatic rings. The third-order valence-corrected chi connectivity index (χ3v) is 6.74. The molecule has 1 aromatic heterocycles. The van der Waals surface area contributed by atoms with Crippen LogP contribution in [0.1, 0.15) is 49.9 Å². The molecule has 2 saturated heterocycles. The Morgan fingerprint density at radius 1 is 1.00 bits per heavy atom. The predicted octanol–water partition coefficient (Wildman–Crippen LogP) is 3.26. The lowest BCUT2D eigenvalue weighted by Crippen LogP contribution is -2.48. The first-order valence-corrected chi connectivity index (χ1v) is 11.9. The molecule has 1 aromatic carbocycles. The Hall–Kier alpha value is -2.73. The molecule has 6 heteroatoms. The van der Waals surface area contributed by atoms with Gasteiger partial charge in [-0.15, -0.1) is 0 Å². The fourth-order valence-electron chi connectivity index (χ4n) is 4.91. The van der Waals surface area contributed by atoms with E-state index in [0.29, 0.717) is 24.9 Å². The van der Waals surface area contributed by atoms with Crippen molar-refractivity contribution in [3.63, 3.8) is 0 Å². The number of amides is 2. The Kier molecular flexibility index (Phi) is 7.53. The van der Waals surface area contributed by atoms with Gasteiger partial charge in [-0.25, -0.2) is 0 Å². The summed E-state index contributed by atoms with van der Waals surface area (Å²) >= 11 is 0. The van der Waals surface area contributed by atoms with Gasteiger partial charge < -0.3 is 9.80 Å². The molecule has 32 heavy (non-hydrogen) atoms. The third kappa shape index (κ3) is 5.54. The van der Waals surface area contributed by atoms with Crippen LogP contribution in [-0.4, -0.2) is 59.3 Å². The van der Waals surface area contributed by atoms with E-state index < -0.39 is 0 Å². The van der Waals surface area contributed by atoms with E-state index in [-0.39, 0.29) is 24.4 Å². The van der Waals surface area contributed by atoms with Gasteiger partial charge in [0.1, 0.15) is 0 Å². The van der Waals surface area contributed by atoms with Crippen molar-refractivity contribution < 1.29 is 9.59 Å². The monoisotopic (exact) mass is 434 g/mol. The minimum atomic E-state index is -0.137. The van der Waals surface area contributed by atoms with Crippen LogP contribution in [0.4, 0.5) is 0 Å². The van der Waals surface area contributed by atoms with Crippen molar-refractivity contribution in [3.05, 3.63) is 66.0 Å². The molecule has 2 aliphatic rings. The number of piperidine rings is 2. The Bertz CT molecular complexity index is 842. The molecule has 4 rings (SSSR count). The predicted molar refractivity (Wildman–Crippen MR) is 125 cm³/mol. The summed E-state index contributed by atoms with van der Waals surface area (Å²) < 4.78 is 0. The van der Waals surface area contributed by atoms with E-state index in [0.717, 1.165) is 43.6 Å². The van der Waals surface area contributed by atoms with Gasteiger partial charge in [0, 0.05) is 38.3 Å². The number of nitrogens with zero attached hydrogens (tertiary/aromatic N) is 3. The molecule has 0 radical (unpaired) electrons. The highest BCUT2D eigenvalue weighted by Crippen LogP contribution is 2.24. The molecule has 3 heterocycles. The number of likely N-dealkylation sites (tertiary alicyclic amines) is 2. The van der Waals surface area contributed by atoms with Crippen molar-refractivity contribution in [2.24, 2.45) is 11.8 Å². The van der Waals surface area contributed by atoms with Crippen LogP contribution in [0.3, 0.4) is 0 Å². The highest BCUT2D eigenvalue weighted by atomic mass is 16.2. The molecule has 6 nitrogen and oxygen atoms in total. The molecule has 2 amide bonds. The van der Waals surface area contributed by atoms with Crippen molar-refractivity contribution in [1.29, 1.82) is 0 Å². The zero-order valence-corrected chi connectivity index (χ0v) is 19.0. The first-order chi connectivity index (χ1) is 15.6. The molecule has 170 valence electrons. The number of hydrogen-bond donors (Lipinski definition) is 1. The quantitative estimate of drug-likeness (QED) is 0.758. The fraction of sp³-hybridized carbons (Fsp3) is 0.500. The second kappa shape index (κ2) is 10.7. The van der Waals surface area contributed by atoms with Gasteiger partial charge in [-0.3, -0.25) is 19.9 Å². The molecule has 2 aliphatic heterocycles. The largest absolute Gasteiger partial charge is 0.342 e. The van der Waals surface area contributed by atoms with Crippen molar-refractivity contribution >= 4 is 11.8 Å². The normalized spacial score (nSPS) is 20.7. The van der Waals surface area contributed by atoms with Gasteiger partial charge in [-0.1, -0.05) is 43.3 Å². The number of nitrogens with one attached hydrogen (secondary N) is 1. The van der Waals surface area contributed by atoms with Crippen molar-refractivity contribution in [2.75, 3.05) is 32.7 Å². The van der Waals surface area contributed by atoms with Crippen LogP contribution in [-0.2, 0) is 9.59 Å². The Balaban J connectivity index is 1.31. The van der Waals surface area contributed by atoms with Crippen LogP contribution in [0.2, 0.25) is 0 Å². The molecular formula is C26H34N4O2. The Morgan fingerprint density at radius 2 is 1.75 bits per heavy atom. The summed E-state index contributed by atoms with van der Waals surface area (Å²) in [5.41, 5.74) is 1.98. The smallest absolute Gasteiger partial charge is 0.236 e. The molecular weight excluding hydrogens is 400 g/mol. The van der Waals surface area contributed by atoms with Crippen LogP contribution in [0, 0.1) is 11.8 Å². The molecule has 0 aliphatic carbocycles. The number of carbonyl (C=O) groups is 2. The number of hydrogen-bond acceptors (Lipinski definition) is 4. The molecule has 2 unspecified atom stereocenters. The molecule has 0 spiro atoms. The Morgan fingerprint density at radius 3 is 2.44 bits per heavy atom. The topological polar surface area (TPSA) is 65.5 Å². The number of carbonyl (C=O) groups excluding carboxylic acids is 2. The molecule has 2 atom stereocenters. The average molecular weight is 435 g/mol. The van der Waals surface area contributed by atoms with Crippen LogP contribution in [0.25, 0.3) is 0 Å². The molecule has 2 fully saturated rings. The zero-order chi connectivity index (χ0) is 22.3. The summed E-state index contributed by atoms with van der Waals surface area (Å²) in [4.78, 5) is 34.3. The zero-order valence-electron chi connectivity index (χ0n) is 19.0. The summed E-state index contributed by atoms with van der Waals surface area (Å²) in [5.74, 6) is 1.03. The first kappa shape index (κ1) is 22.5. The number of aromatic nitrogens is 1. The van der Waals surface area contributed by atoms with Gasteiger partial charge in [-0.05, 0) is 49.3 Å². The molecule has 0 saturated carbocycles. The lowest BCUT2D eigenvalue weighted by atomic mass is 9.92. The second-order valence-corrected chi connectivity index (χ2v) is 9.17. The summed E-state index contributed by atoms with van der Waals surface area (Å²) in [6.07, 6.45) is 5.62. The Labute approximate surface area is 191 Å². The van der Waals surface area contributed by atoms with Gasteiger partial charge >= 0.3 is 0 Å². The van der Waals surface area contributed by atoms with Crippen molar-refractivity contribution in [2.45, 2.75) is 38.6 Å². The summed E-state index contributed by atoms with van der Waals surface area (Å²) in [7, 11) is 0. The van der Waals surface area contributed by atoms with Gasteiger partial charge in [-0.2, -0.15) is 0 Å². The van der Waals surface area contributed by atoms with E-state index in [4.69, 9.17) is 0 Å². The molecule has 0 bridgehead atoms. The highest BCUT2D eigenvalue weighted by molar-refractivity contribution is 5.81. The van der Waals surface area contributed by atoms with Crippen LogP contribution in [0.5, 0.6) is 0 Å². The van der Waals surface area contributed by atoms with E-state index in [1.807, 2.05) is 41.3 Å². The van der Waals surface area contributed by atoms with Crippen molar-refractivity contribution in [3.8, 4) is 0 Å². The third-order valence-electron chi connectivity index (χ3n) is 6.74. The summed E-state index contributed by atoms with van der Waals surface area (Å²) in [6.45, 7) is 5.55. The van der Waals surface area contributed by atoms with Crippen molar-refractivity contribution in [1.82, 2.24) is 20.1 Å². The van der Waals surface area contributed by atoms with E-state index in [9.17, 15) is 9.59 Å².